The first-order chi connectivity index (χ1) is 14.7. The first kappa shape index (κ1) is 22.5. The summed E-state index contributed by atoms with van der Waals surface area (Å²) in [6, 6.07) is 0. The van der Waals surface area contributed by atoms with Gasteiger partial charge in [-0.15, -0.1) is 11.3 Å². The third-order valence-electron chi connectivity index (χ3n) is 5.47. The van der Waals surface area contributed by atoms with Crippen LogP contribution in [-0.4, -0.2) is 45.2 Å². The zero-order chi connectivity index (χ0) is 22.2. The standard InChI is InChI=1S/C22H31N5O2S2/c1-22(2,3)20-23-16(25-29-20)13-30-21-24-18-17(14-9-6-7-10-15(14)31-18)19(28)27(21)12-8-11-26(4)5/h6-13H2,1-5H3. The third-order valence-corrected chi connectivity index (χ3v) is 7.63. The molecule has 0 unspecified atom stereocenters. The molecule has 0 saturated heterocycles. The fourth-order valence-corrected chi connectivity index (χ4v) is 5.99. The largest absolute Gasteiger partial charge is 0.339 e. The molecule has 9 heteroatoms. The normalized spacial score (nSPS) is 14.5. The van der Waals surface area contributed by atoms with Crippen LogP contribution in [0.3, 0.4) is 0 Å². The van der Waals surface area contributed by atoms with E-state index in [1.807, 2.05) is 25.3 Å². The van der Waals surface area contributed by atoms with Crippen LogP contribution in [-0.2, 0) is 30.6 Å². The number of thioether (sulfide) groups is 1. The summed E-state index contributed by atoms with van der Waals surface area (Å²) in [4.78, 5) is 27.4. The maximum Gasteiger partial charge on any atom is 0.263 e. The van der Waals surface area contributed by atoms with E-state index in [-0.39, 0.29) is 11.0 Å². The molecule has 0 bridgehead atoms. The lowest BCUT2D eigenvalue weighted by Gasteiger charge is -2.14. The molecule has 0 N–H and O–H groups in total. The predicted octanol–water partition coefficient (Wildman–Crippen LogP) is 4.26. The minimum Gasteiger partial charge on any atom is -0.339 e. The summed E-state index contributed by atoms with van der Waals surface area (Å²) in [6.07, 6.45) is 5.32. The molecule has 0 atom stereocenters. The molecule has 4 rings (SSSR count). The van der Waals surface area contributed by atoms with Crippen LogP contribution < -0.4 is 5.56 Å². The average Bonchev–Trinajstić information content (AvgIpc) is 3.32. The highest BCUT2D eigenvalue weighted by Gasteiger charge is 2.24. The van der Waals surface area contributed by atoms with E-state index in [0.717, 1.165) is 47.6 Å². The van der Waals surface area contributed by atoms with Crippen LogP contribution in [0.25, 0.3) is 10.2 Å². The molecule has 0 aromatic carbocycles. The molecule has 3 heterocycles. The Morgan fingerprint density at radius 1 is 1.19 bits per heavy atom. The summed E-state index contributed by atoms with van der Waals surface area (Å²) in [5, 5.41) is 5.72. The molecule has 0 saturated carbocycles. The van der Waals surface area contributed by atoms with E-state index in [1.165, 1.54) is 28.6 Å². The molecule has 0 amide bonds. The van der Waals surface area contributed by atoms with Crippen LogP contribution in [0.5, 0.6) is 0 Å². The highest BCUT2D eigenvalue weighted by molar-refractivity contribution is 7.98. The summed E-state index contributed by atoms with van der Waals surface area (Å²) in [7, 11) is 4.11. The van der Waals surface area contributed by atoms with Crippen LogP contribution in [0.1, 0.15) is 62.2 Å². The molecule has 31 heavy (non-hydrogen) atoms. The van der Waals surface area contributed by atoms with Crippen molar-refractivity contribution in [1.82, 2.24) is 24.6 Å². The van der Waals surface area contributed by atoms with Gasteiger partial charge in [0, 0.05) is 16.8 Å². The minimum absolute atomic E-state index is 0.106. The van der Waals surface area contributed by atoms with Crippen molar-refractivity contribution in [3.63, 3.8) is 0 Å². The van der Waals surface area contributed by atoms with Crippen molar-refractivity contribution in [3.05, 3.63) is 32.5 Å². The van der Waals surface area contributed by atoms with Crippen molar-refractivity contribution in [2.75, 3.05) is 20.6 Å². The van der Waals surface area contributed by atoms with E-state index >= 15 is 0 Å². The lowest BCUT2D eigenvalue weighted by Crippen LogP contribution is -2.26. The van der Waals surface area contributed by atoms with Crippen molar-refractivity contribution in [2.24, 2.45) is 0 Å². The fraction of sp³-hybridized carbons (Fsp3) is 0.636. The zero-order valence-corrected chi connectivity index (χ0v) is 20.7. The third kappa shape index (κ3) is 4.88. The van der Waals surface area contributed by atoms with E-state index in [4.69, 9.17) is 9.51 Å². The highest BCUT2D eigenvalue weighted by Crippen LogP contribution is 2.35. The van der Waals surface area contributed by atoms with E-state index in [2.05, 4.69) is 29.1 Å². The van der Waals surface area contributed by atoms with Crippen molar-refractivity contribution < 1.29 is 4.52 Å². The van der Waals surface area contributed by atoms with Gasteiger partial charge in [-0.05, 0) is 58.3 Å². The molecule has 3 aromatic rings. The summed E-state index contributed by atoms with van der Waals surface area (Å²) >= 11 is 3.22. The van der Waals surface area contributed by atoms with Gasteiger partial charge in [0.2, 0.25) is 5.89 Å². The Morgan fingerprint density at radius 2 is 1.97 bits per heavy atom. The van der Waals surface area contributed by atoms with Gasteiger partial charge in [-0.3, -0.25) is 9.36 Å². The van der Waals surface area contributed by atoms with Crippen molar-refractivity contribution >= 4 is 33.3 Å². The Kier molecular flexibility index (Phi) is 6.55. The van der Waals surface area contributed by atoms with Gasteiger partial charge in [-0.1, -0.05) is 37.7 Å². The van der Waals surface area contributed by atoms with E-state index < -0.39 is 0 Å². The molecule has 0 aliphatic heterocycles. The summed E-state index contributed by atoms with van der Waals surface area (Å²) < 4.78 is 7.29. The molecule has 168 valence electrons. The predicted molar refractivity (Wildman–Crippen MR) is 126 cm³/mol. The van der Waals surface area contributed by atoms with Gasteiger partial charge < -0.3 is 9.42 Å². The number of fused-ring (bicyclic) bond motifs is 3. The van der Waals surface area contributed by atoms with Gasteiger partial charge in [0.15, 0.2) is 11.0 Å². The van der Waals surface area contributed by atoms with Gasteiger partial charge in [-0.25, -0.2) is 4.98 Å². The van der Waals surface area contributed by atoms with Crippen LogP contribution in [0.15, 0.2) is 14.5 Å². The van der Waals surface area contributed by atoms with E-state index in [1.54, 1.807) is 11.3 Å². The van der Waals surface area contributed by atoms with Crippen molar-refractivity contribution in [2.45, 2.75) is 75.7 Å². The van der Waals surface area contributed by atoms with Crippen molar-refractivity contribution in [1.29, 1.82) is 0 Å². The molecule has 7 nitrogen and oxygen atoms in total. The lowest BCUT2D eigenvalue weighted by atomic mass is 9.97. The minimum atomic E-state index is -0.183. The SMILES string of the molecule is CN(C)CCCn1c(SCc2noc(C(C)(C)C)n2)nc2sc3c(c2c1=O)CCCC3. The number of hydrogen-bond donors (Lipinski definition) is 0. The number of aromatic nitrogens is 4. The topological polar surface area (TPSA) is 77.1 Å². The second-order valence-electron chi connectivity index (χ2n) is 9.45. The smallest absolute Gasteiger partial charge is 0.263 e. The highest BCUT2D eigenvalue weighted by atomic mass is 32.2. The molecule has 0 radical (unpaired) electrons. The number of thiophene rings is 1. The van der Waals surface area contributed by atoms with Crippen LogP contribution >= 0.6 is 23.1 Å². The number of aryl methyl sites for hydroxylation is 2. The molecule has 1 aliphatic rings. The molecule has 3 aromatic heterocycles. The fourth-order valence-electron chi connectivity index (χ4n) is 3.82. The van der Waals surface area contributed by atoms with Gasteiger partial charge in [0.1, 0.15) is 4.83 Å². The lowest BCUT2D eigenvalue weighted by molar-refractivity contribution is 0.319. The zero-order valence-electron chi connectivity index (χ0n) is 19.0. The monoisotopic (exact) mass is 461 g/mol. The quantitative estimate of drug-likeness (QED) is 0.384. The van der Waals surface area contributed by atoms with Gasteiger partial charge in [0.25, 0.3) is 5.56 Å². The number of hydrogen-bond acceptors (Lipinski definition) is 8. The molecular weight excluding hydrogens is 430 g/mol. The Hall–Kier alpha value is -1.71. The molecular formula is C22H31N5O2S2. The Bertz CT molecular complexity index is 1120. The van der Waals surface area contributed by atoms with Crippen molar-refractivity contribution in [3.8, 4) is 0 Å². The first-order valence-corrected chi connectivity index (χ1v) is 12.7. The van der Waals surface area contributed by atoms with E-state index in [0.29, 0.717) is 24.0 Å². The second kappa shape index (κ2) is 9.03. The Balaban J connectivity index is 1.66. The molecule has 1 aliphatic carbocycles. The maximum atomic E-state index is 13.6. The van der Waals surface area contributed by atoms with Crippen LogP contribution in [0.4, 0.5) is 0 Å². The maximum absolute atomic E-state index is 13.6. The summed E-state index contributed by atoms with van der Waals surface area (Å²) in [5.41, 5.74) is 1.17. The van der Waals surface area contributed by atoms with Gasteiger partial charge in [0.05, 0.1) is 11.1 Å². The van der Waals surface area contributed by atoms with Gasteiger partial charge >= 0.3 is 0 Å². The first-order valence-electron chi connectivity index (χ1n) is 10.9. The summed E-state index contributed by atoms with van der Waals surface area (Å²) in [5.74, 6) is 1.78. The van der Waals surface area contributed by atoms with Crippen LogP contribution in [0.2, 0.25) is 0 Å². The number of rotatable bonds is 7. The Morgan fingerprint density at radius 3 is 2.68 bits per heavy atom. The second-order valence-corrected chi connectivity index (χ2v) is 11.5. The number of nitrogens with zero attached hydrogens (tertiary/aromatic N) is 5. The molecule has 0 fully saturated rings. The molecule has 0 spiro atoms. The summed E-state index contributed by atoms with van der Waals surface area (Å²) in [6.45, 7) is 7.73. The van der Waals surface area contributed by atoms with Crippen LogP contribution in [0, 0.1) is 0 Å². The van der Waals surface area contributed by atoms with Gasteiger partial charge in [-0.2, -0.15) is 4.98 Å². The Labute approximate surface area is 191 Å². The van der Waals surface area contributed by atoms with E-state index in [9.17, 15) is 4.79 Å². The average molecular weight is 462 g/mol.